The van der Waals surface area contributed by atoms with Crippen LogP contribution in [0.4, 0.5) is 39.5 Å². The minimum atomic E-state index is -4.71. The monoisotopic (exact) mass is 560 g/mol. The largest absolute Gasteiger partial charge is 0.416 e. The summed E-state index contributed by atoms with van der Waals surface area (Å²) >= 11 is 0. The Bertz CT molecular complexity index is 595. The van der Waals surface area contributed by atoms with Gasteiger partial charge < -0.3 is 21.9 Å². The molecular weight excluding hydrogens is 531 g/mol. The Morgan fingerprint density at radius 2 is 0.844 bits per heavy atom. The summed E-state index contributed by atoms with van der Waals surface area (Å²) in [5.74, 6) is 0. The number of halogens is 9. The summed E-state index contributed by atoms with van der Waals surface area (Å²) in [7, 11) is -16.0. The van der Waals surface area contributed by atoms with Crippen LogP contribution in [0.2, 0.25) is 50.9 Å². The summed E-state index contributed by atoms with van der Waals surface area (Å²) in [4.78, 5) is 20.4. The second-order valence-corrected chi connectivity index (χ2v) is 22.3. The van der Waals surface area contributed by atoms with E-state index in [0.717, 1.165) is 19.6 Å². The molecule has 0 aromatic carbocycles. The number of hydrogen-bond acceptors (Lipinski definition) is 5. The standard InChI is InChI=1S/C14H29F9O5Si4/c1-29(2,24)26-31(4,10-7-13(18,19)20)28-32(5,11-8-14(21,22)23)27-30(3,25)9-6-12(15,16)17/h24-25H,6-11H2,1-5H3. The normalized spacial score (nSPS) is 19.9. The maximum atomic E-state index is 12.8. The summed E-state index contributed by atoms with van der Waals surface area (Å²) in [6, 6.07) is -2.55. The molecule has 18 heteroatoms. The van der Waals surface area contributed by atoms with Crippen LogP contribution in [0, 0.1) is 0 Å². The maximum Gasteiger partial charge on any atom is 0.389 e. The molecule has 3 atom stereocenters. The summed E-state index contributed by atoms with van der Waals surface area (Å²) in [5, 5.41) is 0. The van der Waals surface area contributed by atoms with Crippen LogP contribution in [-0.4, -0.2) is 62.4 Å². The fourth-order valence-electron chi connectivity index (χ4n) is 2.86. The van der Waals surface area contributed by atoms with Crippen molar-refractivity contribution in [2.24, 2.45) is 0 Å². The van der Waals surface area contributed by atoms with Gasteiger partial charge >= 0.3 is 52.8 Å². The highest BCUT2D eigenvalue weighted by Gasteiger charge is 2.52. The zero-order valence-corrected chi connectivity index (χ0v) is 22.3. The van der Waals surface area contributed by atoms with E-state index in [4.69, 9.17) is 12.3 Å². The number of rotatable bonds is 12. The summed E-state index contributed by atoms with van der Waals surface area (Å²) < 4.78 is 131. The van der Waals surface area contributed by atoms with Crippen LogP contribution in [0.15, 0.2) is 0 Å². The molecule has 5 nitrogen and oxygen atoms in total. The lowest BCUT2D eigenvalue weighted by Crippen LogP contribution is -2.60. The quantitative estimate of drug-likeness (QED) is 0.233. The van der Waals surface area contributed by atoms with Gasteiger partial charge in [0.05, 0.1) is 0 Å². The first-order valence-electron chi connectivity index (χ1n) is 9.49. The van der Waals surface area contributed by atoms with E-state index >= 15 is 0 Å². The first-order chi connectivity index (χ1) is 13.7. The highest BCUT2D eigenvalue weighted by molar-refractivity contribution is 6.88. The second-order valence-electron chi connectivity index (χ2n) is 8.54. The predicted molar refractivity (Wildman–Crippen MR) is 106 cm³/mol. The molecule has 0 spiro atoms. The molecule has 0 aromatic heterocycles. The smallest absolute Gasteiger partial charge is 0.389 e. The fourth-order valence-corrected chi connectivity index (χ4v) is 19.8. The molecule has 0 aromatic rings. The Hall–Kier alpha value is 0.0375. The molecule has 0 fully saturated rings. The van der Waals surface area contributed by atoms with Gasteiger partial charge in [0.25, 0.3) is 0 Å². The summed E-state index contributed by atoms with van der Waals surface area (Å²) in [6.45, 7) is 5.55. The average Bonchev–Trinajstić information content (AvgIpc) is 2.45. The summed E-state index contributed by atoms with van der Waals surface area (Å²) in [6.07, 6.45) is -18.4. The van der Waals surface area contributed by atoms with E-state index in [0.29, 0.717) is 0 Å². The average molecular weight is 561 g/mol. The third-order valence-corrected chi connectivity index (χ3v) is 18.1. The van der Waals surface area contributed by atoms with E-state index in [1.54, 1.807) is 0 Å². The highest BCUT2D eigenvalue weighted by atomic mass is 28.5. The van der Waals surface area contributed by atoms with Gasteiger partial charge in [-0.3, -0.25) is 0 Å². The molecule has 0 saturated carbocycles. The Kier molecular flexibility index (Phi) is 10.8. The van der Waals surface area contributed by atoms with Gasteiger partial charge in [-0.25, -0.2) is 0 Å². The van der Waals surface area contributed by atoms with Crippen molar-refractivity contribution in [2.75, 3.05) is 0 Å². The van der Waals surface area contributed by atoms with E-state index in [1.165, 1.54) is 13.1 Å². The molecular formula is C14H29F9O5Si4. The van der Waals surface area contributed by atoms with Crippen LogP contribution in [0.25, 0.3) is 0 Å². The molecule has 0 rings (SSSR count). The molecule has 32 heavy (non-hydrogen) atoms. The van der Waals surface area contributed by atoms with Crippen molar-refractivity contribution >= 4 is 34.2 Å². The van der Waals surface area contributed by atoms with E-state index in [2.05, 4.69) is 0 Å². The van der Waals surface area contributed by atoms with Gasteiger partial charge in [-0.15, -0.1) is 0 Å². The lowest BCUT2D eigenvalue weighted by atomic mass is 10.5. The molecule has 0 amide bonds. The van der Waals surface area contributed by atoms with Crippen molar-refractivity contribution in [2.45, 2.75) is 88.7 Å². The minimum absolute atomic E-state index is 0.780. The molecule has 0 bridgehead atoms. The molecule has 0 aliphatic heterocycles. The SMILES string of the molecule is C[Si](C)(O)O[Si](C)(CCC(F)(F)F)O[Si](C)(CCC(F)(F)F)O[Si](C)(O)CCC(F)(F)F. The van der Waals surface area contributed by atoms with Gasteiger partial charge in [0.1, 0.15) is 0 Å². The maximum absolute atomic E-state index is 12.8. The molecule has 0 aliphatic carbocycles. The zero-order valence-electron chi connectivity index (χ0n) is 18.3. The Balaban J connectivity index is 5.90. The van der Waals surface area contributed by atoms with Crippen molar-refractivity contribution in [1.82, 2.24) is 0 Å². The van der Waals surface area contributed by atoms with E-state index in [-0.39, 0.29) is 0 Å². The van der Waals surface area contributed by atoms with Gasteiger partial charge in [-0.1, -0.05) is 0 Å². The van der Waals surface area contributed by atoms with Crippen molar-refractivity contribution in [1.29, 1.82) is 0 Å². The lowest BCUT2D eigenvalue weighted by molar-refractivity contribution is -0.132. The minimum Gasteiger partial charge on any atom is -0.416 e. The van der Waals surface area contributed by atoms with Gasteiger partial charge in [0.15, 0.2) is 0 Å². The topological polar surface area (TPSA) is 68.2 Å². The molecule has 194 valence electrons. The molecule has 3 unspecified atom stereocenters. The van der Waals surface area contributed by atoms with E-state index < -0.39 is 90.2 Å². The van der Waals surface area contributed by atoms with Gasteiger partial charge in [-0.2, -0.15) is 39.5 Å². The molecule has 0 heterocycles. The first-order valence-corrected chi connectivity index (χ1v) is 20.0. The fraction of sp³-hybridized carbons (Fsp3) is 1.00. The number of alkyl halides is 9. The summed E-state index contributed by atoms with van der Waals surface area (Å²) in [5.41, 5.74) is 0. The highest BCUT2D eigenvalue weighted by Crippen LogP contribution is 2.36. The molecule has 0 saturated heterocycles. The van der Waals surface area contributed by atoms with Gasteiger partial charge in [0, 0.05) is 19.3 Å². The van der Waals surface area contributed by atoms with E-state index in [1.807, 2.05) is 0 Å². The van der Waals surface area contributed by atoms with Crippen LogP contribution in [-0.2, 0) is 12.3 Å². The Labute approximate surface area is 184 Å². The van der Waals surface area contributed by atoms with Crippen LogP contribution in [0.3, 0.4) is 0 Å². The van der Waals surface area contributed by atoms with Crippen molar-refractivity contribution in [3.63, 3.8) is 0 Å². The van der Waals surface area contributed by atoms with Gasteiger partial charge in [-0.05, 0) is 50.9 Å². The van der Waals surface area contributed by atoms with Crippen molar-refractivity contribution in [3.8, 4) is 0 Å². The van der Waals surface area contributed by atoms with Crippen LogP contribution in [0.1, 0.15) is 19.3 Å². The Morgan fingerprint density at radius 1 is 0.531 bits per heavy atom. The van der Waals surface area contributed by atoms with Crippen LogP contribution >= 0.6 is 0 Å². The molecule has 0 radical (unpaired) electrons. The third kappa shape index (κ3) is 16.6. The van der Waals surface area contributed by atoms with Gasteiger partial charge in [0.2, 0.25) is 0 Å². The molecule has 2 N–H and O–H groups in total. The number of hydrogen-bond donors (Lipinski definition) is 2. The first kappa shape index (κ1) is 32.0. The van der Waals surface area contributed by atoms with E-state index in [9.17, 15) is 49.1 Å². The molecule has 0 aliphatic rings. The van der Waals surface area contributed by atoms with Crippen molar-refractivity contribution < 1.29 is 61.5 Å². The lowest BCUT2D eigenvalue weighted by Gasteiger charge is -2.42. The third-order valence-electron chi connectivity index (χ3n) is 3.93. The Morgan fingerprint density at radius 3 is 1.16 bits per heavy atom. The predicted octanol–water partition coefficient (Wildman–Crippen LogP) is 5.80. The van der Waals surface area contributed by atoms with Crippen LogP contribution in [0.5, 0.6) is 0 Å². The van der Waals surface area contributed by atoms with Crippen LogP contribution < -0.4 is 0 Å². The second kappa shape index (κ2) is 10.8. The zero-order chi connectivity index (χ0) is 25.9. The van der Waals surface area contributed by atoms with Crippen molar-refractivity contribution in [3.05, 3.63) is 0 Å².